The summed E-state index contributed by atoms with van der Waals surface area (Å²) in [6, 6.07) is 8.86. The summed E-state index contributed by atoms with van der Waals surface area (Å²) in [4.78, 5) is 23.6. The molecule has 0 saturated carbocycles. The first kappa shape index (κ1) is 14.2. The van der Waals surface area contributed by atoms with E-state index in [9.17, 15) is 9.59 Å². The minimum atomic E-state index is -0.925. The number of hydrogen-bond acceptors (Lipinski definition) is 3. The van der Waals surface area contributed by atoms with Gasteiger partial charge in [0.1, 0.15) is 0 Å². The Balaban J connectivity index is 2.48. The van der Waals surface area contributed by atoms with Crippen LogP contribution in [0.5, 0.6) is 0 Å². The quantitative estimate of drug-likeness (QED) is 0.769. The van der Waals surface area contributed by atoms with Gasteiger partial charge in [-0.2, -0.15) is 0 Å². The van der Waals surface area contributed by atoms with Crippen LogP contribution in [-0.4, -0.2) is 41.5 Å². The van der Waals surface area contributed by atoms with Crippen LogP contribution < -0.4 is 5.73 Å². The third-order valence-corrected chi connectivity index (χ3v) is 2.65. The number of carboxylic acids is 1. The van der Waals surface area contributed by atoms with Crippen molar-refractivity contribution >= 4 is 11.9 Å². The number of carboxylic acid groups (broad SMARTS) is 1. The summed E-state index contributed by atoms with van der Waals surface area (Å²) in [6.45, 7) is 0.177. The minimum absolute atomic E-state index is 0.0691. The van der Waals surface area contributed by atoms with Crippen molar-refractivity contribution in [2.24, 2.45) is 5.73 Å². The van der Waals surface area contributed by atoms with Gasteiger partial charge in [-0.3, -0.25) is 9.59 Å². The van der Waals surface area contributed by atoms with Gasteiger partial charge in [-0.15, -0.1) is 0 Å². The van der Waals surface area contributed by atoms with E-state index in [2.05, 4.69) is 0 Å². The molecule has 0 fully saturated rings. The average molecular weight is 250 g/mol. The Morgan fingerprint density at radius 3 is 2.50 bits per heavy atom. The molecule has 0 aliphatic carbocycles. The zero-order valence-corrected chi connectivity index (χ0v) is 10.4. The molecule has 0 aliphatic rings. The Hall–Kier alpha value is -1.88. The number of amides is 1. The molecule has 98 valence electrons. The van der Waals surface area contributed by atoms with Crippen LogP contribution in [-0.2, 0) is 16.0 Å². The molecule has 1 unspecified atom stereocenters. The van der Waals surface area contributed by atoms with E-state index in [1.54, 1.807) is 7.05 Å². The van der Waals surface area contributed by atoms with Gasteiger partial charge in [-0.1, -0.05) is 30.3 Å². The molecule has 0 spiro atoms. The first-order valence-electron chi connectivity index (χ1n) is 5.77. The number of hydrogen-bond donors (Lipinski definition) is 2. The van der Waals surface area contributed by atoms with Crippen molar-refractivity contribution in [1.82, 2.24) is 4.90 Å². The summed E-state index contributed by atoms with van der Waals surface area (Å²) in [7, 11) is 1.57. The monoisotopic (exact) mass is 250 g/mol. The van der Waals surface area contributed by atoms with Crippen LogP contribution in [0.25, 0.3) is 0 Å². The van der Waals surface area contributed by atoms with Crippen molar-refractivity contribution in [3.63, 3.8) is 0 Å². The fourth-order valence-corrected chi connectivity index (χ4v) is 1.61. The standard InChI is InChI=1S/C13H18N2O3/c1-15(8-7-12(16)17)13(18)11(14)9-10-5-3-2-4-6-10/h2-6,11H,7-9,14H2,1H3,(H,16,17). The molecule has 1 aromatic carbocycles. The molecule has 18 heavy (non-hydrogen) atoms. The van der Waals surface area contributed by atoms with Gasteiger partial charge in [0.25, 0.3) is 0 Å². The second-order valence-electron chi connectivity index (χ2n) is 4.20. The van der Waals surface area contributed by atoms with E-state index in [0.29, 0.717) is 6.42 Å². The lowest BCUT2D eigenvalue weighted by Gasteiger charge is -2.20. The summed E-state index contributed by atoms with van der Waals surface area (Å²) < 4.78 is 0. The van der Waals surface area contributed by atoms with Crippen LogP contribution in [0.3, 0.4) is 0 Å². The van der Waals surface area contributed by atoms with Crippen LogP contribution in [0, 0.1) is 0 Å². The van der Waals surface area contributed by atoms with Crippen LogP contribution in [0.4, 0.5) is 0 Å². The predicted octanol–water partition coefficient (Wildman–Crippen LogP) is 0.490. The normalized spacial score (nSPS) is 11.9. The van der Waals surface area contributed by atoms with Crippen molar-refractivity contribution in [2.75, 3.05) is 13.6 Å². The number of aliphatic carboxylic acids is 1. The summed E-state index contributed by atoms with van der Waals surface area (Å²) >= 11 is 0. The Labute approximate surface area is 106 Å². The molecule has 3 N–H and O–H groups in total. The first-order chi connectivity index (χ1) is 8.50. The summed E-state index contributed by atoms with van der Waals surface area (Å²) in [5.41, 5.74) is 6.81. The Bertz CT molecular complexity index is 406. The van der Waals surface area contributed by atoms with Gasteiger partial charge in [-0.05, 0) is 12.0 Å². The van der Waals surface area contributed by atoms with Gasteiger partial charge >= 0.3 is 5.97 Å². The molecule has 0 bridgehead atoms. The highest BCUT2D eigenvalue weighted by molar-refractivity contribution is 5.82. The van der Waals surface area contributed by atoms with Gasteiger partial charge in [-0.25, -0.2) is 0 Å². The third kappa shape index (κ3) is 4.55. The molecule has 5 heteroatoms. The molecular formula is C13H18N2O3. The van der Waals surface area contributed by atoms with Gasteiger partial charge < -0.3 is 15.7 Å². The Morgan fingerprint density at radius 1 is 1.33 bits per heavy atom. The van der Waals surface area contributed by atoms with Crippen molar-refractivity contribution in [3.05, 3.63) is 35.9 Å². The minimum Gasteiger partial charge on any atom is -0.481 e. The van der Waals surface area contributed by atoms with E-state index in [1.807, 2.05) is 30.3 Å². The third-order valence-electron chi connectivity index (χ3n) is 2.65. The van der Waals surface area contributed by atoms with Gasteiger partial charge in [0, 0.05) is 13.6 Å². The van der Waals surface area contributed by atoms with Crippen molar-refractivity contribution in [1.29, 1.82) is 0 Å². The van der Waals surface area contributed by atoms with E-state index in [-0.39, 0.29) is 18.9 Å². The second kappa shape index (κ2) is 6.76. The van der Waals surface area contributed by atoms with Gasteiger partial charge in [0.05, 0.1) is 12.5 Å². The largest absolute Gasteiger partial charge is 0.481 e. The molecular weight excluding hydrogens is 232 g/mol. The smallest absolute Gasteiger partial charge is 0.305 e. The fraction of sp³-hybridized carbons (Fsp3) is 0.385. The van der Waals surface area contributed by atoms with Crippen molar-refractivity contribution in [3.8, 4) is 0 Å². The van der Waals surface area contributed by atoms with E-state index in [1.165, 1.54) is 4.90 Å². The lowest BCUT2D eigenvalue weighted by molar-refractivity contribution is -0.138. The zero-order valence-electron chi connectivity index (χ0n) is 10.4. The van der Waals surface area contributed by atoms with Crippen LogP contribution >= 0.6 is 0 Å². The molecule has 0 aromatic heterocycles. The lowest BCUT2D eigenvalue weighted by atomic mass is 10.1. The van der Waals surface area contributed by atoms with Gasteiger partial charge in [0.15, 0.2) is 0 Å². The number of likely N-dealkylation sites (N-methyl/N-ethyl adjacent to an activating group) is 1. The number of nitrogens with zero attached hydrogens (tertiary/aromatic N) is 1. The number of carbonyl (C=O) groups excluding carboxylic acids is 1. The average Bonchev–Trinajstić information content (AvgIpc) is 2.36. The number of nitrogens with two attached hydrogens (primary N) is 1. The van der Waals surface area contributed by atoms with Crippen molar-refractivity contribution in [2.45, 2.75) is 18.9 Å². The van der Waals surface area contributed by atoms with Crippen molar-refractivity contribution < 1.29 is 14.7 Å². The number of benzene rings is 1. The van der Waals surface area contributed by atoms with Gasteiger partial charge in [0.2, 0.25) is 5.91 Å². The number of carbonyl (C=O) groups is 2. The topological polar surface area (TPSA) is 83.6 Å². The molecule has 5 nitrogen and oxygen atoms in total. The molecule has 1 amide bonds. The molecule has 0 heterocycles. The highest BCUT2D eigenvalue weighted by atomic mass is 16.4. The molecule has 1 atom stereocenters. The predicted molar refractivity (Wildman–Crippen MR) is 68.0 cm³/mol. The van der Waals surface area contributed by atoms with E-state index in [4.69, 9.17) is 10.8 Å². The SMILES string of the molecule is CN(CCC(=O)O)C(=O)C(N)Cc1ccccc1. The molecule has 1 rings (SSSR count). The summed E-state index contributed by atoms with van der Waals surface area (Å²) in [5.74, 6) is -1.16. The van der Waals surface area contributed by atoms with E-state index < -0.39 is 12.0 Å². The zero-order chi connectivity index (χ0) is 13.5. The fourth-order valence-electron chi connectivity index (χ4n) is 1.61. The van der Waals surface area contributed by atoms with E-state index >= 15 is 0 Å². The van der Waals surface area contributed by atoms with Crippen LogP contribution in [0.1, 0.15) is 12.0 Å². The summed E-state index contributed by atoms with van der Waals surface area (Å²) in [5, 5.41) is 8.55. The summed E-state index contributed by atoms with van der Waals surface area (Å²) in [6.07, 6.45) is 0.386. The first-order valence-corrected chi connectivity index (χ1v) is 5.77. The maximum atomic E-state index is 11.9. The second-order valence-corrected chi connectivity index (χ2v) is 4.20. The molecule has 1 aromatic rings. The van der Waals surface area contributed by atoms with Crippen LogP contribution in [0.15, 0.2) is 30.3 Å². The maximum Gasteiger partial charge on any atom is 0.305 e. The molecule has 0 aliphatic heterocycles. The van der Waals surface area contributed by atoms with E-state index in [0.717, 1.165) is 5.56 Å². The number of rotatable bonds is 6. The molecule has 0 saturated heterocycles. The maximum absolute atomic E-state index is 11.9. The Kier molecular flexibility index (Phi) is 5.32. The van der Waals surface area contributed by atoms with Crippen LogP contribution in [0.2, 0.25) is 0 Å². The highest BCUT2D eigenvalue weighted by Gasteiger charge is 2.18. The lowest BCUT2D eigenvalue weighted by Crippen LogP contribution is -2.43. The highest BCUT2D eigenvalue weighted by Crippen LogP contribution is 2.04. The molecule has 0 radical (unpaired) electrons. The Morgan fingerprint density at radius 2 is 1.94 bits per heavy atom.